The Kier molecular flexibility index (Phi) is 4.74. The van der Waals surface area contributed by atoms with E-state index in [1.54, 1.807) is 25.4 Å². The van der Waals surface area contributed by atoms with Gasteiger partial charge < -0.3 is 15.4 Å². The molecule has 1 fully saturated rings. The van der Waals surface area contributed by atoms with Crippen molar-refractivity contribution in [1.82, 2.24) is 15.0 Å². The number of carbonyl (C=O) groups is 2. The molecule has 8 heteroatoms. The summed E-state index contributed by atoms with van der Waals surface area (Å²) < 4.78 is 6.56. The Hall–Kier alpha value is -2.90. The van der Waals surface area contributed by atoms with Crippen molar-refractivity contribution in [2.75, 3.05) is 17.7 Å². The largest absolute Gasteiger partial charge is 0.495 e. The summed E-state index contributed by atoms with van der Waals surface area (Å²) in [6.45, 7) is -0.00958. The summed E-state index contributed by atoms with van der Waals surface area (Å²) >= 11 is 0. The Morgan fingerprint density at radius 2 is 2.08 bits per heavy atom. The van der Waals surface area contributed by atoms with E-state index in [-0.39, 0.29) is 24.3 Å². The van der Waals surface area contributed by atoms with Gasteiger partial charge in [-0.25, -0.2) is 4.68 Å². The first kappa shape index (κ1) is 16.0. The molecule has 1 aromatic carbocycles. The molecule has 1 aliphatic rings. The number of nitrogens with one attached hydrogen (secondary N) is 2. The molecule has 24 heavy (non-hydrogen) atoms. The molecule has 0 bridgehead atoms. The zero-order valence-electron chi connectivity index (χ0n) is 13.4. The highest BCUT2D eigenvalue weighted by Gasteiger charge is 2.25. The SMILES string of the molecule is COc1ccccc1NC(=O)Cn1cc(NC(=O)C2CCC2)nn1. The molecular weight excluding hydrogens is 310 g/mol. The minimum Gasteiger partial charge on any atom is -0.495 e. The number of amides is 2. The minimum absolute atomic E-state index is 0.00958. The third-order valence-electron chi connectivity index (χ3n) is 3.95. The number of carbonyl (C=O) groups excluding carboxylic acids is 2. The smallest absolute Gasteiger partial charge is 0.246 e. The predicted octanol–water partition coefficient (Wildman–Crippen LogP) is 1.66. The van der Waals surface area contributed by atoms with E-state index in [0.29, 0.717) is 17.3 Å². The highest BCUT2D eigenvalue weighted by atomic mass is 16.5. The van der Waals surface area contributed by atoms with Crippen LogP contribution in [0.4, 0.5) is 11.5 Å². The average Bonchev–Trinajstić information content (AvgIpc) is 2.92. The Morgan fingerprint density at radius 3 is 2.79 bits per heavy atom. The summed E-state index contributed by atoms with van der Waals surface area (Å²) in [5, 5.41) is 13.2. The lowest BCUT2D eigenvalue weighted by Gasteiger charge is -2.23. The zero-order valence-corrected chi connectivity index (χ0v) is 13.4. The molecular formula is C16H19N5O3. The molecule has 2 N–H and O–H groups in total. The molecule has 8 nitrogen and oxygen atoms in total. The van der Waals surface area contributed by atoms with E-state index in [1.807, 2.05) is 12.1 Å². The van der Waals surface area contributed by atoms with Gasteiger partial charge in [-0.1, -0.05) is 23.8 Å². The summed E-state index contributed by atoms with van der Waals surface area (Å²) in [6.07, 6.45) is 4.47. The lowest BCUT2D eigenvalue weighted by Crippen LogP contribution is -2.28. The number of methoxy groups -OCH3 is 1. The number of ether oxygens (including phenoxy) is 1. The summed E-state index contributed by atoms with van der Waals surface area (Å²) in [7, 11) is 1.54. The second-order valence-electron chi connectivity index (χ2n) is 5.67. The molecule has 1 aromatic heterocycles. The van der Waals surface area contributed by atoms with Crippen LogP contribution in [0.15, 0.2) is 30.5 Å². The highest BCUT2D eigenvalue weighted by Crippen LogP contribution is 2.27. The van der Waals surface area contributed by atoms with Crippen molar-refractivity contribution in [2.45, 2.75) is 25.8 Å². The average molecular weight is 329 g/mol. The maximum Gasteiger partial charge on any atom is 0.246 e. The van der Waals surface area contributed by atoms with Crippen LogP contribution in [0.25, 0.3) is 0 Å². The van der Waals surface area contributed by atoms with Gasteiger partial charge in [0.05, 0.1) is 19.0 Å². The number of nitrogens with zero attached hydrogens (tertiary/aromatic N) is 3. The normalized spacial score (nSPS) is 13.9. The van der Waals surface area contributed by atoms with Crippen LogP contribution in [0.3, 0.4) is 0 Å². The molecule has 0 aliphatic heterocycles. The van der Waals surface area contributed by atoms with Crippen molar-refractivity contribution < 1.29 is 14.3 Å². The number of para-hydroxylation sites is 2. The number of benzene rings is 1. The Balaban J connectivity index is 1.56. The number of rotatable bonds is 6. The molecule has 0 saturated heterocycles. The summed E-state index contributed by atoms with van der Waals surface area (Å²) in [4.78, 5) is 24.0. The molecule has 1 heterocycles. The third-order valence-corrected chi connectivity index (χ3v) is 3.95. The molecule has 0 atom stereocenters. The van der Waals surface area contributed by atoms with Crippen molar-refractivity contribution >= 4 is 23.3 Å². The first-order valence-electron chi connectivity index (χ1n) is 7.79. The van der Waals surface area contributed by atoms with Crippen LogP contribution in [0.2, 0.25) is 0 Å². The van der Waals surface area contributed by atoms with E-state index in [0.717, 1.165) is 19.3 Å². The summed E-state index contributed by atoms with van der Waals surface area (Å²) in [5.41, 5.74) is 0.587. The fourth-order valence-corrected chi connectivity index (χ4v) is 2.42. The van der Waals surface area contributed by atoms with Gasteiger partial charge in [-0.05, 0) is 25.0 Å². The molecule has 1 aliphatic carbocycles. The molecule has 0 unspecified atom stereocenters. The minimum atomic E-state index is -0.263. The molecule has 3 rings (SSSR count). The van der Waals surface area contributed by atoms with Crippen LogP contribution in [0.5, 0.6) is 5.75 Å². The van der Waals surface area contributed by atoms with Gasteiger partial charge in [0.1, 0.15) is 12.3 Å². The first-order valence-corrected chi connectivity index (χ1v) is 7.79. The van der Waals surface area contributed by atoms with E-state index < -0.39 is 0 Å². The van der Waals surface area contributed by atoms with Crippen molar-refractivity contribution in [3.8, 4) is 5.75 Å². The summed E-state index contributed by atoms with van der Waals surface area (Å²) in [6, 6.07) is 7.15. The second-order valence-corrected chi connectivity index (χ2v) is 5.67. The standard InChI is InChI=1S/C16H19N5O3/c1-24-13-8-3-2-7-12(13)17-15(22)10-21-9-14(19-20-21)18-16(23)11-5-4-6-11/h2-3,7-9,11H,4-6,10H2,1H3,(H,17,22)(H,18,23). The Morgan fingerprint density at radius 1 is 1.29 bits per heavy atom. The molecule has 0 spiro atoms. The van der Waals surface area contributed by atoms with Gasteiger partial charge in [0.25, 0.3) is 0 Å². The molecule has 2 aromatic rings. The van der Waals surface area contributed by atoms with E-state index >= 15 is 0 Å². The molecule has 2 amide bonds. The van der Waals surface area contributed by atoms with Gasteiger partial charge in [0, 0.05) is 5.92 Å². The predicted molar refractivity (Wildman–Crippen MR) is 87.6 cm³/mol. The highest BCUT2D eigenvalue weighted by molar-refractivity contribution is 5.93. The van der Waals surface area contributed by atoms with Crippen LogP contribution < -0.4 is 15.4 Å². The van der Waals surface area contributed by atoms with Gasteiger partial charge in [-0.3, -0.25) is 9.59 Å². The van der Waals surface area contributed by atoms with Gasteiger partial charge >= 0.3 is 0 Å². The quantitative estimate of drug-likeness (QED) is 0.840. The van der Waals surface area contributed by atoms with Gasteiger partial charge in [-0.15, -0.1) is 5.10 Å². The topological polar surface area (TPSA) is 98.1 Å². The number of hydrogen-bond donors (Lipinski definition) is 2. The van der Waals surface area contributed by atoms with E-state index in [4.69, 9.17) is 4.74 Å². The lowest BCUT2D eigenvalue weighted by atomic mass is 9.85. The number of hydrogen-bond acceptors (Lipinski definition) is 5. The van der Waals surface area contributed by atoms with Crippen LogP contribution in [-0.4, -0.2) is 33.9 Å². The van der Waals surface area contributed by atoms with E-state index in [9.17, 15) is 9.59 Å². The van der Waals surface area contributed by atoms with Crippen molar-refractivity contribution in [3.05, 3.63) is 30.5 Å². The van der Waals surface area contributed by atoms with Gasteiger partial charge in [0.15, 0.2) is 5.82 Å². The maximum absolute atomic E-state index is 12.1. The maximum atomic E-state index is 12.1. The first-order chi connectivity index (χ1) is 11.7. The number of anilines is 2. The third kappa shape index (κ3) is 3.70. The van der Waals surface area contributed by atoms with Crippen LogP contribution >= 0.6 is 0 Å². The fourth-order valence-electron chi connectivity index (χ4n) is 2.42. The van der Waals surface area contributed by atoms with Crippen LogP contribution in [-0.2, 0) is 16.1 Å². The van der Waals surface area contributed by atoms with Gasteiger partial charge in [-0.2, -0.15) is 0 Å². The zero-order chi connectivity index (χ0) is 16.9. The van der Waals surface area contributed by atoms with E-state index in [1.165, 1.54) is 4.68 Å². The van der Waals surface area contributed by atoms with Crippen molar-refractivity contribution in [1.29, 1.82) is 0 Å². The second kappa shape index (κ2) is 7.12. The monoisotopic (exact) mass is 329 g/mol. The lowest BCUT2D eigenvalue weighted by molar-refractivity contribution is -0.122. The molecule has 126 valence electrons. The number of aromatic nitrogens is 3. The van der Waals surface area contributed by atoms with Crippen molar-refractivity contribution in [2.24, 2.45) is 5.92 Å². The molecule has 1 saturated carbocycles. The Labute approximate surface area is 139 Å². The van der Waals surface area contributed by atoms with Crippen LogP contribution in [0.1, 0.15) is 19.3 Å². The fraction of sp³-hybridized carbons (Fsp3) is 0.375. The summed E-state index contributed by atoms with van der Waals surface area (Å²) in [5.74, 6) is 0.715. The van der Waals surface area contributed by atoms with Gasteiger partial charge in [0.2, 0.25) is 11.8 Å². The van der Waals surface area contributed by atoms with Crippen LogP contribution in [0, 0.1) is 5.92 Å². The van der Waals surface area contributed by atoms with Crippen molar-refractivity contribution in [3.63, 3.8) is 0 Å². The Bertz CT molecular complexity index is 739. The molecule has 0 radical (unpaired) electrons. The van der Waals surface area contributed by atoms with E-state index in [2.05, 4.69) is 20.9 Å².